The number of amides is 1. The predicted octanol–water partition coefficient (Wildman–Crippen LogP) is -0.173. The van der Waals surface area contributed by atoms with E-state index in [-0.39, 0.29) is 12.5 Å². The Morgan fingerprint density at radius 2 is 2.53 bits per heavy atom. The molecule has 0 bridgehead atoms. The molecule has 0 aliphatic rings. The molecule has 0 aliphatic carbocycles. The van der Waals surface area contributed by atoms with Crippen molar-refractivity contribution < 1.29 is 4.79 Å². The van der Waals surface area contributed by atoms with E-state index in [1.165, 1.54) is 10.9 Å². The number of hydrogen-bond donors (Lipinski definition) is 3. The summed E-state index contributed by atoms with van der Waals surface area (Å²) in [5.41, 5.74) is 5.99. The fourth-order valence-electron chi connectivity index (χ4n) is 1.12. The van der Waals surface area contributed by atoms with Gasteiger partial charge in [-0.05, 0) is 0 Å². The molecule has 4 N–H and O–H groups in total. The summed E-state index contributed by atoms with van der Waals surface area (Å²) in [6.07, 6.45) is 6.25. The minimum atomic E-state index is -0.215. The van der Waals surface area contributed by atoms with Gasteiger partial charge in [0, 0.05) is 18.6 Å². The number of imidazole rings is 1. The molecular weight excluding hydrogens is 196 g/mol. The molecule has 7 nitrogen and oxygen atoms in total. The van der Waals surface area contributed by atoms with Crippen LogP contribution in [0.2, 0.25) is 0 Å². The van der Waals surface area contributed by atoms with Crippen LogP contribution in [-0.4, -0.2) is 25.7 Å². The third-order valence-corrected chi connectivity index (χ3v) is 1.71. The molecule has 0 fully saturated rings. The van der Waals surface area contributed by atoms with Crippen molar-refractivity contribution in [1.29, 1.82) is 0 Å². The number of nitrogens with one attached hydrogen (secondary N) is 2. The zero-order chi connectivity index (χ0) is 10.7. The summed E-state index contributed by atoms with van der Waals surface area (Å²) in [5.74, 6) is 0.202. The van der Waals surface area contributed by atoms with E-state index in [4.69, 9.17) is 5.73 Å². The van der Waals surface area contributed by atoms with E-state index in [2.05, 4.69) is 20.4 Å². The Kier molecular flexibility index (Phi) is 2.36. The van der Waals surface area contributed by atoms with Gasteiger partial charge in [0.1, 0.15) is 6.54 Å². The average molecular weight is 206 g/mol. The fraction of sp³-hybridized carbons (Fsp3) is 0.125. The highest BCUT2D eigenvalue weighted by molar-refractivity contribution is 5.88. The van der Waals surface area contributed by atoms with Gasteiger partial charge in [-0.1, -0.05) is 0 Å². The molecular formula is C8H10N6O. The van der Waals surface area contributed by atoms with Gasteiger partial charge in [-0.2, -0.15) is 5.10 Å². The molecule has 0 unspecified atom stereocenters. The van der Waals surface area contributed by atoms with Gasteiger partial charge in [-0.15, -0.1) is 0 Å². The Morgan fingerprint density at radius 1 is 1.67 bits per heavy atom. The van der Waals surface area contributed by atoms with Crippen LogP contribution in [0.25, 0.3) is 0 Å². The topological polar surface area (TPSA) is 102 Å². The van der Waals surface area contributed by atoms with Gasteiger partial charge in [0.2, 0.25) is 11.9 Å². The summed E-state index contributed by atoms with van der Waals surface area (Å²) in [7, 11) is 0. The Hall–Kier alpha value is -2.31. The van der Waals surface area contributed by atoms with Crippen LogP contribution in [0.15, 0.2) is 24.8 Å². The standard InChI is InChI=1S/C8H10N6O/c9-6-3-12-14(4-6)5-7(15)13-8-10-1-2-11-8/h1-4H,5,9H2,(H2,10,11,13,15). The molecule has 0 saturated heterocycles. The first-order chi connectivity index (χ1) is 7.24. The number of rotatable bonds is 3. The van der Waals surface area contributed by atoms with Crippen molar-refractivity contribution in [2.45, 2.75) is 6.54 Å². The van der Waals surface area contributed by atoms with Gasteiger partial charge in [0.15, 0.2) is 0 Å². The quantitative estimate of drug-likeness (QED) is 0.648. The number of nitrogen functional groups attached to an aromatic ring is 1. The predicted molar refractivity (Wildman–Crippen MR) is 53.9 cm³/mol. The Morgan fingerprint density at radius 3 is 3.13 bits per heavy atom. The minimum absolute atomic E-state index is 0.109. The first-order valence-electron chi connectivity index (χ1n) is 4.31. The summed E-state index contributed by atoms with van der Waals surface area (Å²) in [5, 5.41) is 6.46. The first-order valence-corrected chi connectivity index (χ1v) is 4.31. The van der Waals surface area contributed by atoms with Crippen molar-refractivity contribution in [3.05, 3.63) is 24.8 Å². The highest BCUT2D eigenvalue weighted by Gasteiger charge is 2.05. The normalized spacial score (nSPS) is 10.1. The molecule has 0 aliphatic heterocycles. The molecule has 0 saturated carbocycles. The largest absolute Gasteiger partial charge is 0.396 e. The number of H-pyrrole nitrogens is 1. The van der Waals surface area contributed by atoms with Crippen molar-refractivity contribution in [2.75, 3.05) is 11.1 Å². The van der Waals surface area contributed by atoms with Crippen molar-refractivity contribution in [3.8, 4) is 0 Å². The van der Waals surface area contributed by atoms with Gasteiger partial charge in [-0.3, -0.25) is 14.8 Å². The van der Waals surface area contributed by atoms with Gasteiger partial charge in [-0.25, -0.2) is 4.98 Å². The van der Waals surface area contributed by atoms with Crippen LogP contribution in [0.3, 0.4) is 0 Å². The zero-order valence-corrected chi connectivity index (χ0v) is 7.84. The van der Waals surface area contributed by atoms with Crippen molar-refractivity contribution in [2.24, 2.45) is 0 Å². The monoisotopic (exact) mass is 206 g/mol. The maximum atomic E-state index is 11.4. The van der Waals surface area contributed by atoms with Crippen LogP contribution in [0.1, 0.15) is 0 Å². The van der Waals surface area contributed by atoms with E-state index in [0.29, 0.717) is 11.6 Å². The number of nitrogens with two attached hydrogens (primary N) is 1. The van der Waals surface area contributed by atoms with Gasteiger partial charge in [0.25, 0.3) is 0 Å². The summed E-state index contributed by atoms with van der Waals surface area (Å²) in [6, 6.07) is 0. The van der Waals surface area contributed by atoms with E-state index in [1.54, 1.807) is 18.6 Å². The number of nitrogens with zero attached hydrogens (tertiary/aromatic N) is 3. The molecule has 15 heavy (non-hydrogen) atoms. The van der Waals surface area contributed by atoms with Crippen molar-refractivity contribution in [1.82, 2.24) is 19.7 Å². The number of carbonyl (C=O) groups excluding carboxylic acids is 1. The highest BCUT2D eigenvalue weighted by Crippen LogP contribution is 1.99. The average Bonchev–Trinajstić information content (AvgIpc) is 2.77. The summed E-state index contributed by atoms with van der Waals surface area (Å²) < 4.78 is 1.45. The van der Waals surface area contributed by atoms with Crippen molar-refractivity contribution >= 4 is 17.5 Å². The van der Waals surface area contributed by atoms with Gasteiger partial charge in [0.05, 0.1) is 11.9 Å². The third-order valence-electron chi connectivity index (χ3n) is 1.71. The van der Waals surface area contributed by atoms with Crippen LogP contribution < -0.4 is 11.1 Å². The zero-order valence-electron chi connectivity index (χ0n) is 7.84. The summed E-state index contributed by atoms with van der Waals surface area (Å²) in [6.45, 7) is 0.109. The van der Waals surface area contributed by atoms with E-state index in [9.17, 15) is 4.79 Å². The third kappa shape index (κ3) is 2.33. The van der Waals surface area contributed by atoms with E-state index in [0.717, 1.165) is 0 Å². The number of aromatic nitrogens is 4. The maximum absolute atomic E-state index is 11.4. The summed E-state index contributed by atoms with van der Waals surface area (Å²) >= 11 is 0. The molecule has 2 heterocycles. The molecule has 2 aromatic rings. The summed E-state index contributed by atoms with van der Waals surface area (Å²) in [4.78, 5) is 18.0. The maximum Gasteiger partial charge on any atom is 0.248 e. The van der Waals surface area contributed by atoms with Crippen LogP contribution in [0.5, 0.6) is 0 Å². The number of aromatic amines is 1. The number of carbonyl (C=O) groups is 1. The molecule has 2 aromatic heterocycles. The number of hydrogen-bond acceptors (Lipinski definition) is 4. The molecule has 0 radical (unpaired) electrons. The molecule has 7 heteroatoms. The molecule has 0 atom stereocenters. The van der Waals surface area contributed by atoms with Crippen LogP contribution in [-0.2, 0) is 11.3 Å². The SMILES string of the molecule is Nc1cnn(CC(=O)Nc2ncc[nH]2)c1. The smallest absolute Gasteiger partial charge is 0.248 e. The van der Waals surface area contributed by atoms with Crippen LogP contribution in [0.4, 0.5) is 11.6 Å². The first kappa shape index (κ1) is 9.25. The van der Waals surface area contributed by atoms with E-state index >= 15 is 0 Å². The fourth-order valence-corrected chi connectivity index (χ4v) is 1.12. The lowest BCUT2D eigenvalue weighted by Crippen LogP contribution is -2.19. The molecule has 0 spiro atoms. The lowest BCUT2D eigenvalue weighted by molar-refractivity contribution is -0.116. The van der Waals surface area contributed by atoms with Gasteiger partial charge < -0.3 is 10.7 Å². The second kappa shape index (κ2) is 3.82. The van der Waals surface area contributed by atoms with Gasteiger partial charge >= 0.3 is 0 Å². The van der Waals surface area contributed by atoms with Crippen LogP contribution >= 0.6 is 0 Å². The molecule has 0 aromatic carbocycles. The number of anilines is 2. The Labute approximate surface area is 85.3 Å². The minimum Gasteiger partial charge on any atom is -0.396 e. The van der Waals surface area contributed by atoms with E-state index < -0.39 is 0 Å². The lowest BCUT2D eigenvalue weighted by atomic mass is 10.5. The van der Waals surface area contributed by atoms with E-state index in [1.807, 2.05) is 0 Å². The molecule has 1 amide bonds. The molecule has 2 rings (SSSR count). The Bertz CT molecular complexity index is 445. The molecule has 78 valence electrons. The second-order valence-electron chi connectivity index (χ2n) is 2.96. The highest BCUT2D eigenvalue weighted by atomic mass is 16.2. The Balaban J connectivity index is 1.93. The van der Waals surface area contributed by atoms with Crippen molar-refractivity contribution in [3.63, 3.8) is 0 Å². The second-order valence-corrected chi connectivity index (χ2v) is 2.96. The van der Waals surface area contributed by atoms with Crippen LogP contribution in [0, 0.1) is 0 Å². The lowest BCUT2D eigenvalue weighted by Gasteiger charge is -2.01.